The molecule has 30 heavy (non-hydrogen) atoms. The number of fused-ring (bicyclic) bond motifs is 3. The van der Waals surface area contributed by atoms with Gasteiger partial charge in [0.15, 0.2) is 0 Å². The minimum Gasteiger partial charge on any atom is -0.481 e. The second-order valence-corrected chi connectivity index (χ2v) is 7.53. The van der Waals surface area contributed by atoms with Crippen molar-refractivity contribution >= 4 is 12.1 Å². The molecule has 1 aliphatic carbocycles. The van der Waals surface area contributed by atoms with E-state index in [1.807, 2.05) is 55.5 Å². The van der Waals surface area contributed by atoms with Gasteiger partial charge in [-0.05, 0) is 34.7 Å². The lowest BCUT2D eigenvalue weighted by atomic mass is 9.98. The zero-order valence-corrected chi connectivity index (χ0v) is 16.7. The van der Waals surface area contributed by atoms with E-state index < -0.39 is 18.1 Å². The lowest BCUT2D eigenvalue weighted by molar-refractivity contribution is -0.137. The van der Waals surface area contributed by atoms with Gasteiger partial charge in [0.05, 0.1) is 12.5 Å². The summed E-state index contributed by atoms with van der Waals surface area (Å²) in [6.07, 6.45) is -0.837. The predicted molar refractivity (Wildman–Crippen MR) is 114 cm³/mol. The first-order valence-corrected chi connectivity index (χ1v) is 9.93. The van der Waals surface area contributed by atoms with Crippen molar-refractivity contribution in [3.8, 4) is 11.1 Å². The van der Waals surface area contributed by atoms with E-state index >= 15 is 0 Å². The SMILES string of the molecule is Cc1ccc([C@H](CC(=O)O)NC(=O)OCC2c3ccccc3-c3ccccc32)cc1. The van der Waals surface area contributed by atoms with Crippen molar-refractivity contribution in [2.24, 2.45) is 0 Å². The number of nitrogens with one attached hydrogen (secondary N) is 1. The first-order chi connectivity index (χ1) is 14.5. The number of carbonyl (C=O) groups is 2. The molecule has 4 rings (SSSR count). The molecular formula is C25H23NO4. The van der Waals surface area contributed by atoms with Crippen molar-refractivity contribution in [2.45, 2.75) is 25.3 Å². The zero-order chi connectivity index (χ0) is 21.1. The molecule has 1 amide bonds. The van der Waals surface area contributed by atoms with E-state index in [4.69, 9.17) is 4.74 Å². The topological polar surface area (TPSA) is 75.6 Å². The molecule has 0 heterocycles. The minimum absolute atomic E-state index is 0.0413. The Hall–Kier alpha value is -3.60. The molecule has 3 aromatic carbocycles. The molecule has 0 radical (unpaired) electrons. The number of carboxylic acids is 1. The summed E-state index contributed by atoms with van der Waals surface area (Å²) in [5.41, 5.74) is 6.38. The van der Waals surface area contributed by atoms with Crippen LogP contribution in [-0.2, 0) is 9.53 Å². The molecular weight excluding hydrogens is 378 g/mol. The van der Waals surface area contributed by atoms with Crippen LogP contribution in [0.25, 0.3) is 11.1 Å². The monoisotopic (exact) mass is 401 g/mol. The fourth-order valence-electron chi connectivity index (χ4n) is 4.01. The maximum Gasteiger partial charge on any atom is 0.407 e. The maximum atomic E-state index is 12.5. The molecule has 0 unspecified atom stereocenters. The van der Waals surface area contributed by atoms with Crippen LogP contribution in [0.1, 0.15) is 40.6 Å². The van der Waals surface area contributed by atoms with Crippen LogP contribution in [0.15, 0.2) is 72.8 Å². The third-order valence-electron chi connectivity index (χ3n) is 5.49. The first-order valence-electron chi connectivity index (χ1n) is 9.93. The molecule has 0 aromatic heterocycles. The fourth-order valence-corrected chi connectivity index (χ4v) is 4.01. The summed E-state index contributed by atoms with van der Waals surface area (Å²) in [5, 5.41) is 12.0. The van der Waals surface area contributed by atoms with Gasteiger partial charge in [0, 0.05) is 5.92 Å². The number of amides is 1. The molecule has 0 aliphatic heterocycles. The van der Waals surface area contributed by atoms with E-state index in [-0.39, 0.29) is 18.9 Å². The average molecular weight is 401 g/mol. The average Bonchev–Trinajstić information content (AvgIpc) is 3.06. The normalized spacial score (nSPS) is 13.2. The number of hydrogen-bond acceptors (Lipinski definition) is 3. The number of alkyl carbamates (subject to hydrolysis) is 1. The van der Waals surface area contributed by atoms with E-state index in [1.165, 1.54) is 0 Å². The van der Waals surface area contributed by atoms with Crippen molar-refractivity contribution < 1.29 is 19.4 Å². The molecule has 5 nitrogen and oxygen atoms in total. The second kappa shape index (κ2) is 8.41. The van der Waals surface area contributed by atoms with Crippen LogP contribution in [0.3, 0.4) is 0 Å². The van der Waals surface area contributed by atoms with Gasteiger partial charge >= 0.3 is 12.1 Å². The lowest BCUT2D eigenvalue weighted by Crippen LogP contribution is -2.31. The quantitative estimate of drug-likeness (QED) is 0.606. The molecule has 0 saturated carbocycles. The van der Waals surface area contributed by atoms with Gasteiger partial charge in [0.2, 0.25) is 0 Å². The number of aryl methyl sites for hydroxylation is 1. The van der Waals surface area contributed by atoms with Gasteiger partial charge < -0.3 is 15.2 Å². The summed E-state index contributed by atoms with van der Waals surface area (Å²) in [5.74, 6) is -1.03. The van der Waals surface area contributed by atoms with Gasteiger partial charge in [-0.2, -0.15) is 0 Å². The van der Waals surface area contributed by atoms with Crippen LogP contribution in [0.5, 0.6) is 0 Å². The van der Waals surface area contributed by atoms with Gasteiger partial charge in [-0.3, -0.25) is 4.79 Å². The third kappa shape index (κ3) is 4.06. The number of carbonyl (C=O) groups excluding carboxylic acids is 1. The van der Waals surface area contributed by atoms with Gasteiger partial charge in [0.25, 0.3) is 0 Å². The third-order valence-corrected chi connectivity index (χ3v) is 5.49. The van der Waals surface area contributed by atoms with Crippen LogP contribution in [0, 0.1) is 6.92 Å². The predicted octanol–water partition coefficient (Wildman–Crippen LogP) is 5.05. The van der Waals surface area contributed by atoms with Crippen molar-refractivity contribution in [2.75, 3.05) is 6.61 Å². The highest BCUT2D eigenvalue weighted by atomic mass is 16.5. The summed E-state index contributed by atoms with van der Waals surface area (Å²) in [6, 6.07) is 23.0. The largest absolute Gasteiger partial charge is 0.481 e. The van der Waals surface area contributed by atoms with Crippen LogP contribution >= 0.6 is 0 Å². The van der Waals surface area contributed by atoms with Gasteiger partial charge in [-0.15, -0.1) is 0 Å². The summed E-state index contributed by atoms with van der Waals surface area (Å²) >= 11 is 0. The molecule has 2 N–H and O–H groups in total. The molecule has 1 atom stereocenters. The van der Waals surface area contributed by atoms with E-state index in [0.29, 0.717) is 0 Å². The Morgan fingerprint density at radius 1 is 0.933 bits per heavy atom. The standard InChI is InChI=1S/C25H23NO4/c1-16-10-12-17(13-11-16)23(14-24(27)28)26-25(29)30-15-22-20-8-4-2-6-18(20)19-7-3-5-9-21(19)22/h2-13,22-23H,14-15H2,1H3,(H,26,29)(H,27,28)/t23-/m0/s1. The molecule has 5 heteroatoms. The van der Waals surface area contributed by atoms with Crippen LogP contribution < -0.4 is 5.32 Å². The summed E-state index contributed by atoms with van der Waals surface area (Å²) in [6.45, 7) is 2.14. The molecule has 1 aliphatic rings. The highest BCUT2D eigenvalue weighted by Gasteiger charge is 2.29. The molecule has 3 aromatic rings. The lowest BCUT2D eigenvalue weighted by Gasteiger charge is -2.19. The van der Waals surface area contributed by atoms with Crippen molar-refractivity contribution in [3.05, 3.63) is 95.1 Å². The highest BCUT2D eigenvalue weighted by Crippen LogP contribution is 2.44. The van der Waals surface area contributed by atoms with Crippen LogP contribution in [0.4, 0.5) is 4.79 Å². The number of aliphatic carboxylic acids is 1. The minimum atomic E-state index is -0.987. The smallest absolute Gasteiger partial charge is 0.407 e. The number of carboxylic acid groups (broad SMARTS) is 1. The van der Waals surface area contributed by atoms with Crippen molar-refractivity contribution in [1.82, 2.24) is 5.32 Å². The maximum absolute atomic E-state index is 12.5. The molecule has 0 saturated heterocycles. The van der Waals surface area contributed by atoms with E-state index in [2.05, 4.69) is 29.6 Å². The van der Waals surface area contributed by atoms with E-state index in [1.54, 1.807) is 0 Å². The Labute approximate surface area is 175 Å². The zero-order valence-electron chi connectivity index (χ0n) is 16.7. The first kappa shape index (κ1) is 19.7. The van der Waals surface area contributed by atoms with Crippen molar-refractivity contribution in [1.29, 1.82) is 0 Å². The number of benzene rings is 3. The molecule has 0 spiro atoms. The van der Waals surface area contributed by atoms with Crippen LogP contribution in [0.2, 0.25) is 0 Å². The van der Waals surface area contributed by atoms with E-state index in [9.17, 15) is 14.7 Å². The van der Waals surface area contributed by atoms with E-state index in [0.717, 1.165) is 33.4 Å². The molecule has 0 bridgehead atoms. The van der Waals surface area contributed by atoms with Crippen LogP contribution in [-0.4, -0.2) is 23.8 Å². The highest BCUT2D eigenvalue weighted by molar-refractivity contribution is 5.79. The second-order valence-electron chi connectivity index (χ2n) is 7.53. The summed E-state index contributed by atoms with van der Waals surface area (Å²) in [4.78, 5) is 23.8. The number of ether oxygens (including phenoxy) is 1. The van der Waals surface area contributed by atoms with Gasteiger partial charge in [-0.25, -0.2) is 4.79 Å². The van der Waals surface area contributed by atoms with Gasteiger partial charge in [0.1, 0.15) is 6.61 Å². The summed E-state index contributed by atoms with van der Waals surface area (Å²) < 4.78 is 5.55. The Morgan fingerprint density at radius 2 is 1.50 bits per heavy atom. The Bertz CT molecular complexity index is 1030. The Kier molecular flexibility index (Phi) is 5.53. The Balaban J connectivity index is 1.47. The Morgan fingerprint density at radius 3 is 2.07 bits per heavy atom. The number of hydrogen-bond donors (Lipinski definition) is 2. The fraction of sp³-hybridized carbons (Fsp3) is 0.200. The van der Waals surface area contributed by atoms with Crippen molar-refractivity contribution in [3.63, 3.8) is 0 Å². The van der Waals surface area contributed by atoms with Gasteiger partial charge in [-0.1, -0.05) is 78.4 Å². The molecule has 0 fully saturated rings. The number of rotatable bonds is 6. The summed E-state index contributed by atoms with van der Waals surface area (Å²) in [7, 11) is 0. The molecule has 152 valence electrons.